The molecule has 0 aromatic rings. The summed E-state index contributed by atoms with van der Waals surface area (Å²) in [6.07, 6.45) is 20.7. The minimum atomic E-state index is -0.960. The molecule has 0 unspecified atom stereocenters. The van der Waals surface area contributed by atoms with Gasteiger partial charge in [0.15, 0.2) is 0 Å². The maximum atomic E-state index is 11.7. The van der Waals surface area contributed by atoms with Gasteiger partial charge in [0, 0.05) is 13.0 Å². The molecule has 5 nitrogen and oxygen atoms in total. The van der Waals surface area contributed by atoms with Crippen molar-refractivity contribution < 1.29 is 14.7 Å². The molecule has 0 rings (SSSR count). The number of carbonyl (C=O) groups is 2. The highest BCUT2D eigenvalue weighted by Crippen LogP contribution is 2.09. The van der Waals surface area contributed by atoms with Crippen molar-refractivity contribution in [2.45, 2.75) is 109 Å². The molecule has 0 radical (unpaired) electrons. The van der Waals surface area contributed by atoms with Gasteiger partial charge in [-0.25, -0.2) is 0 Å². The van der Waals surface area contributed by atoms with Crippen LogP contribution in [0.4, 0.5) is 0 Å². The number of amides is 1. The lowest BCUT2D eigenvalue weighted by Gasteiger charge is -2.07. The zero-order valence-electron chi connectivity index (χ0n) is 17.4. The van der Waals surface area contributed by atoms with Crippen LogP contribution in [0.5, 0.6) is 0 Å². The van der Waals surface area contributed by atoms with Gasteiger partial charge < -0.3 is 16.2 Å². The van der Waals surface area contributed by atoms with E-state index in [1.807, 2.05) is 0 Å². The third-order valence-corrected chi connectivity index (χ3v) is 4.75. The van der Waals surface area contributed by atoms with Crippen molar-refractivity contribution >= 4 is 11.9 Å². The van der Waals surface area contributed by atoms with Crippen molar-refractivity contribution in [2.75, 3.05) is 6.54 Å². The molecular weight excluding hydrogens is 340 g/mol. The van der Waals surface area contributed by atoms with E-state index in [9.17, 15) is 9.59 Å². The van der Waals surface area contributed by atoms with Crippen LogP contribution in [-0.4, -0.2) is 29.6 Å². The summed E-state index contributed by atoms with van der Waals surface area (Å²) in [5, 5.41) is 11.6. The molecule has 0 aliphatic heterocycles. The lowest BCUT2D eigenvalue weighted by molar-refractivity contribution is -0.138. The van der Waals surface area contributed by atoms with E-state index in [0.717, 1.165) is 25.7 Å². The molecule has 0 bridgehead atoms. The predicted molar refractivity (Wildman–Crippen MR) is 113 cm³/mol. The third kappa shape index (κ3) is 19.2. The van der Waals surface area contributed by atoms with Crippen LogP contribution in [0.2, 0.25) is 0 Å². The topological polar surface area (TPSA) is 92.4 Å². The number of nitrogens with two attached hydrogens (primary N) is 1. The van der Waals surface area contributed by atoms with Crippen molar-refractivity contribution in [3.05, 3.63) is 12.2 Å². The number of unbranched alkanes of at least 4 members (excludes halogenated alkanes) is 10. The first-order chi connectivity index (χ1) is 13.1. The molecule has 5 heteroatoms. The molecule has 1 amide bonds. The Kier molecular flexibility index (Phi) is 18.4. The largest absolute Gasteiger partial charge is 0.480 e. The SMILES string of the molecule is CCCCC/C=C/CCCCCCCCC(=O)NCCCC[C@H](N)C(=O)O. The van der Waals surface area contributed by atoms with E-state index in [1.165, 1.54) is 57.8 Å². The molecule has 0 spiro atoms. The fourth-order valence-corrected chi connectivity index (χ4v) is 2.93. The number of hydrogen-bond donors (Lipinski definition) is 3. The third-order valence-electron chi connectivity index (χ3n) is 4.75. The molecule has 0 aromatic heterocycles. The molecular formula is C22H42N2O3. The Morgan fingerprint density at radius 3 is 2.11 bits per heavy atom. The van der Waals surface area contributed by atoms with Crippen LogP contribution < -0.4 is 11.1 Å². The summed E-state index contributed by atoms with van der Waals surface area (Å²) < 4.78 is 0. The summed E-state index contributed by atoms with van der Waals surface area (Å²) in [6.45, 7) is 2.84. The summed E-state index contributed by atoms with van der Waals surface area (Å²) in [7, 11) is 0. The molecule has 27 heavy (non-hydrogen) atoms. The van der Waals surface area contributed by atoms with Crippen molar-refractivity contribution in [1.29, 1.82) is 0 Å². The van der Waals surface area contributed by atoms with Gasteiger partial charge in [-0.1, -0.05) is 57.6 Å². The highest BCUT2D eigenvalue weighted by molar-refractivity contribution is 5.75. The summed E-state index contributed by atoms with van der Waals surface area (Å²) in [5.41, 5.74) is 5.43. The summed E-state index contributed by atoms with van der Waals surface area (Å²) in [6, 6.07) is -0.789. The van der Waals surface area contributed by atoms with Gasteiger partial charge in [0.25, 0.3) is 0 Å². The molecule has 4 N–H and O–H groups in total. The molecule has 0 fully saturated rings. The first-order valence-electron chi connectivity index (χ1n) is 11.0. The smallest absolute Gasteiger partial charge is 0.320 e. The van der Waals surface area contributed by atoms with Gasteiger partial charge in [-0.3, -0.25) is 9.59 Å². The Morgan fingerprint density at radius 2 is 1.48 bits per heavy atom. The summed E-state index contributed by atoms with van der Waals surface area (Å²) in [5.74, 6) is -0.858. The lowest BCUT2D eigenvalue weighted by Crippen LogP contribution is -2.30. The highest BCUT2D eigenvalue weighted by Gasteiger charge is 2.10. The van der Waals surface area contributed by atoms with Gasteiger partial charge in [-0.15, -0.1) is 0 Å². The molecule has 1 atom stereocenters. The van der Waals surface area contributed by atoms with Gasteiger partial charge in [-0.05, 0) is 51.4 Å². The number of nitrogens with one attached hydrogen (secondary N) is 1. The first-order valence-corrected chi connectivity index (χ1v) is 11.0. The highest BCUT2D eigenvalue weighted by atomic mass is 16.4. The van der Waals surface area contributed by atoms with Crippen LogP contribution in [0.3, 0.4) is 0 Å². The standard InChI is InChI=1S/C22H42N2O3/c1-2-3-4-5-6-7-8-9-10-11-12-13-14-18-21(25)24-19-16-15-17-20(23)22(26)27/h6-7,20H,2-5,8-19,23H2,1H3,(H,24,25)(H,26,27)/b7-6+/t20-/m0/s1. The molecule has 0 aliphatic rings. The molecule has 0 aliphatic carbocycles. The second kappa shape index (κ2) is 19.4. The van der Waals surface area contributed by atoms with Crippen LogP contribution >= 0.6 is 0 Å². The minimum absolute atomic E-state index is 0.103. The maximum absolute atomic E-state index is 11.7. The molecule has 0 saturated heterocycles. The van der Waals surface area contributed by atoms with Crippen LogP contribution in [0.15, 0.2) is 12.2 Å². The lowest BCUT2D eigenvalue weighted by atomic mass is 10.1. The van der Waals surface area contributed by atoms with Crippen molar-refractivity contribution in [1.82, 2.24) is 5.32 Å². The molecule has 0 aromatic carbocycles. The van der Waals surface area contributed by atoms with Crippen molar-refractivity contribution in [3.8, 4) is 0 Å². The van der Waals surface area contributed by atoms with E-state index in [0.29, 0.717) is 19.4 Å². The summed E-state index contributed by atoms with van der Waals surface area (Å²) in [4.78, 5) is 22.3. The average Bonchev–Trinajstić information content (AvgIpc) is 2.64. The normalized spacial score (nSPS) is 12.4. The Hall–Kier alpha value is -1.36. The molecule has 158 valence electrons. The van der Waals surface area contributed by atoms with Crippen molar-refractivity contribution in [2.24, 2.45) is 5.73 Å². The Labute approximate surface area is 166 Å². The van der Waals surface area contributed by atoms with E-state index in [4.69, 9.17) is 10.8 Å². The number of carbonyl (C=O) groups excluding carboxylic acids is 1. The Bertz CT molecular complexity index is 397. The zero-order chi connectivity index (χ0) is 20.2. The monoisotopic (exact) mass is 382 g/mol. The van der Waals surface area contributed by atoms with Crippen LogP contribution in [0.1, 0.15) is 103 Å². The number of rotatable bonds is 19. The van der Waals surface area contributed by atoms with Crippen LogP contribution in [0, 0.1) is 0 Å². The van der Waals surface area contributed by atoms with Gasteiger partial charge in [0.1, 0.15) is 6.04 Å². The van der Waals surface area contributed by atoms with Crippen LogP contribution in [-0.2, 0) is 9.59 Å². The minimum Gasteiger partial charge on any atom is -0.480 e. The number of carboxylic acids is 1. The number of allylic oxidation sites excluding steroid dienone is 2. The average molecular weight is 383 g/mol. The Morgan fingerprint density at radius 1 is 0.889 bits per heavy atom. The molecule has 0 heterocycles. The fourth-order valence-electron chi connectivity index (χ4n) is 2.93. The van der Waals surface area contributed by atoms with Gasteiger partial charge >= 0.3 is 5.97 Å². The van der Waals surface area contributed by atoms with E-state index >= 15 is 0 Å². The zero-order valence-corrected chi connectivity index (χ0v) is 17.4. The fraction of sp³-hybridized carbons (Fsp3) is 0.818. The number of carboxylic acid groups (broad SMARTS) is 1. The second-order valence-corrected chi connectivity index (χ2v) is 7.42. The van der Waals surface area contributed by atoms with E-state index in [1.54, 1.807) is 0 Å². The first kappa shape index (κ1) is 25.6. The quantitative estimate of drug-likeness (QED) is 0.218. The number of aliphatic carboxylic acids is 1. The maximum Gasteiger partial charge on any atom is 0.320 e. The second-order valence-electron chi connectivity index (χ2n) is 7.42. The van der Waals surface area contributed by atoms with Gasteiger partial charge in [0.2, 0.25) is 5.91 Å². The van der Waals surface area contributed by atoms with E-state index < -0.39 is 12.0 Å². The Balaban J connectivity index is 3.28. The van der Waals surface area contributed by atoms with Crippen molar-refractivity contribution in [3.63, 3.8) is 0 Å². The van der Waals surface area contributed by atoms with Gasteiger partial charge in [-0.2, -0.15) is 0 Å². The van der Waals surface area contributed by atoms with Gasteiger partial charge in [0.05, 0.1) is 0 Å². The number of hydrogen-bond acceptors (Lipinski definition) is 3. The van der Waals surface area contributed by atoms with E-state index in [2.05, 4.69) is 24.4 Å². The van der Waals surface area contributed by atoms with Crippen LogP contribution in [0.25, 0.3) is 0 Å². The summed E-state index contributed by atoms with van der Waals surface area (Å²) >= 11 is 0. The predicted octanol–water partition coefficient (Wildman–Crippen LogP) is 4.94. The molecule has 0 saturated carbocycles. The van der Waals surface area contributed by atoms with E-state index in [-0.39, 0.29) is 5.91 Å².